The highest BCUT2D eigenvalue weighted by Gasteiger charge is 2.22. The SMILES string of the molecule is Cc1ccc(CN2CCC(CN(C)Cc3cn[nH]c3-c3ccc(F)cc3)CC2)o1. The topological polar surface area (TPSA) is 48.3 Å². The highest BCUT2D eigenvalue weighted by molar-refractivity contribution is 5.62. The summed E-state index contributed by atoms with van der Waals surface area (Å²) in [4.78, 5) is 4.85. The Balaban J connectivity index is 1.27. The number of halogens is 1. The largest absolute Gasteiger partial charge is 0.465 e. The summed E-state index contributed by atoms with van der Waals surface area (Å²) in [7, 11) is 2.17. The van der Waals surface area contributed by atoms with Crippen LogP contribution in [-0.2, 0) is 13.1 Å². The number of likely N-dealkylation sites (tertiary alicyclic amines) is 1. The minimum Gasteiger partial charge on any atom is -0.465 e. The molecule has 0 atom stereocenters. The number of furan rings is 1. The van der Waals surface area contributed by atoms with Crippen LogP contribution in [0.4, 0.5) is 4.39 Å². The molecule has 1 aromatic carbocycles. The first kappa shape index (κ1) is 19.9. The average Bonchev–Trinajstić information content (AvgIpc) is 3.33. The van der Waals surface area contributed by atoms with Crippen molar-refractivity contribution in [1.82, 2.24) is 20.0 Å². The van der Waals surface area contributed by atoms with E-state index in [1.54, 1.807) is 12.1 Å². The van der Waals surface area contributed by atoms with Crippen LogP contribution in [-0.4, -0.2) is 46.7 Å². The van der Waals surface area contributed by atoms with Crippen LogP contribution in [0.25, 0.3) is 11.3 Å². The van der Waals surface area contributed by atoms with Crippen LogP contribution in [0.15, 0.2) is 47.0 Å². The van der Waals surface area contributed by atoms with Crippen molar-refractivity contribution in [2.24, 2.45) is 5.92 Å². The van der Waals surface area contributed by atoms with Gasteiger partial charge in [0.1, 0.15) is 17.3 Å². The third kappa shape index (κ3) is 5.14. The number of hydrogen-bond acceptors (Lipinski definition) is 4. The molecule has 154 valence electrons. The first-order valence-corrected chi connectivity index (χ1v) is 10.3. The highest BCUT2D eigenvalue weighted by atomic mass is 19.1. The van der Waals surface area contributed by atoms with Gasteiger partial charge < -0.3 is 9.32 Å². The van der Waals surface area contributed by atoms with E-state index >= 15 is 0 Å². The van der Waals surface area contributed by atoms with Crippen LogP contribution in [0.3, 0.4) is 0 Å². The molecule has 0 saturated carbocycles. The predicted molar refractivity (Wildman–Crippen MR) is 112 cm³/mol. The Labute approximate surface area is 171 Å². The standard InChI is InChI=1S/C23H29FN4O/c1-17-3-8-22(29-17)16-28-11-9-18(10-12-28)14-27(2)15-20-13-25-26-23(20)19-4-6-21(24)7-5-19/h3-8,13,18H,9-12,14-16H2,1-2H3,(H,25,26). The van der Waals surface area contributed by atoms with Crippen LogP contribution < -0.4 is 0 Å². The molecule has 29 heavy (non-hydrogen) atoms. The van der Waals surface area contributed by atoms with Crippen molar-refractivity contribution in [3.63, 3.8) is 0 Å². The van der Waals surface area contributed by atoms with Crippen molar-refractivity contribution >= 4 is 0 Å². The minimum atomic E-state index is -0.222. The molecule has 1 N–H and O–H groups in total. The third-order valence-electron chi connectivity index (χ3n) is 5.74. The van der Waals surface area contributed by atoms with Gasteiger partial charge in [0, 0.05) is 24.2 Å². The van der Waals surface area contributed by atoms with Gasteiger partial charge in [-0.05, 0) is 82.2 Å². The fourth-order valence-corrected chi connectivity index (χ4v) is 4.21. The van der Waals surface area contributed by atoms with E-state index in [0.717, 1.165) is 61.1 Å². The number of aryl methyl sites for hydroxylation is 1. The highest BCUT2D eigenvalue weighted by Crippen LogP contribution is 2.24. The maximum atomic E-state index is 13.2. The summed E-state index contributed by atoms with van der Waals surface area (Å²) in [5.41, 5.74) is 3.08. The summed E-state index contributed by atoms with van der Waals surface area (Å²) in [5.74, 6) is 2.53. The van der Waals surface area contributed by atoms with E-state index in [2.05, 4.69) is 33.1 Å². The van der Waals surface area contributed by atoms with E-state index in [1.807, 2.05) is 19.2 Å². The molecule has 0 aliphatic carbocycles. The fourth-order valence-electron chi connectivity index (χ4n) is 4.21. The lowest BCUT2D eigenvalue weighted by atomic mass is 9.96. The zero-order valence-corrected chi connectivity index (χ0v) is 17.2. The van der Waals surface area contributed by atoms with Crippen molar-refractivity contribution < 1.29 is 8.81 Å². The lowest BCUT2D eigenvalue weighted by Gasteiger charge is -2.33. The predicted octanol–water partition coefficient (Wildman–Crippen LogP) is 4.46. The van der Waals surface area contributed by atoms with Crippen molar-refractivity contribution in [2.75, 3.05) is 26.7 Å². The average molecular weight is 397 g/mol. The minimum absolute atomic E-state index is 0.222. The first-order valence-electron chi connectivity index (χ1n) is 10.3. The van der Waals surface area contributed by atoms with Crippen LogP contribution in [0.1, 0.15) is 29.9 Å². The number of aromatic amines is 1. The molecule has 1 saturated heterocycles. The van der Waals surface area contributed by atoms with E-state index < -0.39 is 0 Å². The summed E-state index contributed by atoms with van der Waals surface area (Å²) in [6.07, 6.45) is 4.30. The molecule has 1 aliphatic heterocycles. The van der Waals surface area contributed by atoms with E-state index in [4.69, 9.17) is 4.42 Å². The van der Waals surface area contributed by atoms with E-state index in [0.29, 0.717) is 5.92 Å². The molecular formula is C23H29FN4O. The summed E-state index contributed by atoms with van der Waals surface area (Å²) in [6.45, 7) is 7.03. The number of nitrogens with zero attached hydrogens (tertiary/aromatic N) is 3. The molecule has 0 amide bonds. The Morgan fingerprint density at radius 3 is 2.62 bits per heavy atom. The number of aromatic nitrogens is 2. The lowest BCUT2D eigenvalue weighted by Crippen LogP contribution is -2.37. The van der Waals surface area contributed by atoms with Crippen molar-refractivity contribution in [3.05, 3.63) is 65.5 Å². The summed E-state index contributed by atoms with van der Waals surface area (Å²) < 4.78 is 18.9. The second kappa shape index (κ2) is 8.93. The molecule has 1 aliphatic rings. The van der Waals surface area contributed by atoms with E-state index in [-0.39, 0.29) is 5.82 Å². The van der Waals surface area contributed by atoms with Crippen LogP contribution in [0.2, 0.25) is 0 Å². The second-order valence-electron chi connectivity index (χ2n) is 8.21. The Kier molecular flexibility index (Phi) is 6.11. The van der Waals surface area contributed by atoms with Gasteiger partial charge in [-0.3, -0.25) is 10.00 Å². The van der Waals surface area contributed by atoms with Gasteiger partial charge in [0.05, 0.1) is 18.4 Å². The zero-order valence-electron chi connectivity index (χ0n) is 17.2. The van der Waals surface area contributed by atoms with Crippen LogP contribution in [0, 0.1) is 18.7 Å². The third-order valence-corrected chi connectivity index (χ3v) is 5.74. The number of rotatable bonds is 7. The zero-order chi connectivity index (χ0) is 20.2. The fraction of sp³-hybridized carbons (Fsp3) is 0.435. The Bertz CT molecular complexity index is 909. The van der Waals surface area contributed by atoms with Gasteiger partial charge in [0.25, 0.3) is 0 Å². The number of hydrogen-bond donors (Lipinski definition) is 1. The lowest BCUT2D eigenvalue weighted by molar-refractivity contribution is 0.140. The first-order chi connectivity index (χ1) is 14.1. The molecule has 1 fully saturated rings. The summed E-state index contributed by atoms with van der Waals surface area (Å²) in [6, 6.07) is 10.7. The number of H-pyrrole nitrogens is 1. The van der Waals surface area contributed by atoms with Crippen LogP contribution >= 0.6 is 0 Å². The van der Waals surface area contributed by atoms with Crippen molar-refractivity contribution in [1.29, 1.82) is 0 Å². The molecule has 2 aromatic heterocycles. The molecule has 6 heteroatoms. The quantitative estimate of drug-likeness (QED) is 0.641. The van der Waals surface area contributed by atoms with Crippen molar-refractivity contribution in [3.8, 4) is 11.3 Å². The van der Waals surface area contributed by atoms with E-state index in [9.17, 15) is 4.39 Å². The molecule has 5 nitrogen and oxygen atoms in total. The molecule has 0 bridgehead atoms. The number of piperidine rings is 1. The summed E-state index contributed by atoms with van der Waals surface area (Å²) in [5, 5.41) is 7.28. The summed E-state index contributed by atoms with van der Waals surface area (Å²) >= 11 is 0. The van der Waals surface area contributed by atoms with Gasteiger partial charge in [-0.25, -0.2) is 4.39 Å². The molecular weight excluding hydrogens is 367 g/mol. The Morgan fingerprint density at radius 2 is 1.93 bits per heavy atom. The van der Waals surface area contributed by atoms with Gasteiger partial charge in [-0.2, -0.15) is 5.10 Å². The Morgan fingerprint density at radius 1 is 1.17 bits per heavy atom. The maximum absolute atomic E-state index is 13.2. The molecule has 3 heterocycles. The van der Waals surface area contributed by atoms with E-state index in [1.165, 1.54) is 25.0 Å². The van der Waals surface area contributed by atoms with Gasteiger partial charge in [0.2, 0.25) is 0 Å². The van der Waals surface area contributed by atoms with Gasteiger partial charge >= 0.3 is 0 Å². The van der Waals surface area contributed by atoms with Crippen molar-refractivity contribution in [2.45, 2.75) is 32.9 Å². The number of nitrogens with one attached hydrogen (secondary N) is 1. The normalized spacial score (nSPS) is 16.0. The maximum Gasteiger partial charge on any atom is 0.123 e. The van der Waals surface area contributed by atoms with Gasteiger partial charge in [0.15, 0.2) is 0 Å². The second-order valence-corrected chi connectivity index (χ2v) is 8.21. The number of benzene rings is 1. The molecule has 0 spiro atoms. The monoisotopic (exact) mass is 396 g/mol. The molecule has 0 unspecified atom stereocenters. The Hall–Kier alpha value is -2.44. The van der Waals surface area contributed by atoms with Gasteiger partial charge in [-0.15, -0.1) is 0 Å². The molecule has 0 radical (unpaired) electrons. The van der Waals surface area contributed by atoms with Gasteiger partial charge in [-0.1, -0.05) is 0 Å². The smallest absolute Gasteiger partial charge is 0.123 e. The molecule has 3 aromatic rings. The van der Waals surface area contributed by atoms with Crippen LogP contribution in [0.5, 0.6) is 0 Å². The molecule has 4 rings (SSSR count).